The van der Waals surface area contributed by atoms with E-state index < -0.39 is 0 Å². The number of aromatic amines is 1. The quantitative estimate of drug-likeness (QED) is 0.658. The predicted molar refractivity (Wildman–Crippen MR) is 49.0 cm³/mol. The molecule has 70 valence electrons. The second kappa shape index (κ2) is 5.36. The van der Waals surface area contributed by atoms with Gasteiger partial charge in [0.2, 0.25) is 0 Å². The van der Waals surface area contributed by atoms with Crippen molar-refractivity contribution in [2.45, 2.75) is 6.04 Å². The van der Waals surface area contributed by atoms with E-state index in [9.17, 15) is 0 Å². The number of H-pyrrole nitrogens is 1. The number of nitrogens with zero attached hydrogens (tertiary/aromatic N) is 1. The van der Waals surface area contributed by atoms with Gasteiger partial charge in [-0.15, -0.1) is 0 Å². The van der Waals surface area contributed by atoms with E-state index >= 15 is 0 Å². The molecular weight excluding hydrogens is 166 g/mol. The van der Waals surface area contributed by atoms with Crippen LogP contribution in [0, 0.1) is 11.3 Å². The zero-order valence-electron chi connectivity index (χ0n) is 7.58. The van der Waals surface area contributed by atoms with Crippen LogP contribution in [0.5, 0.6) is 0 Å². The molecule has 1 rings (SSSR count). The number of aromatic nitrogens is 1. The van der Waals surface area contributed by atoms with Gasteiger partial charge in [0.15, 0.2) is 0 Å². The summed E-state index contributed by atoms with van der Waals surface area (Å²) in [6.45, 7) is 1.28. The van der Waals surface area contributed by atoms with Crippen molar-refractivity contribution in [3.8, 4) is 6.07 Å². The van der Waals surface area contributed by atoms with Crippen molar-refractivity contribution < 1.29 is 4.74 Å². The van der Waals surface area contributed by atoms with Crippen LogP contribution >= 0.6 is 0 Å². The van der Waals surface area contributed by atoms with Crippen LogP contribution in [-0.4, -0.2) is 25.2 Å². The minimum atomic E-state index is -0.273. The van der Waals surface area contributed by atoms with Crippen LogP contribution in [0.2, 0.25) is 0 Å². The molecule has 0 saturated heterocycles. The maximum atomic E-state index is 8.82. The van der Waals surface area contributed by atoms with Gasteiger partial charge >= 0.3 is 0 Å². The van der Waals surface area contributed by atoms with Crippen LogP contribution in [-0.2, 0) is 4.74 Å². The third kappa shape index (κ3) is 2.90. The van der Waals surface area contributed by atoms with Crippen molar-refractivity contribution in [1.29, 1.82) is 5.26 Å². The minimum absolute atomic E-state index is 0.273. The van der Waals surface area contributed by atoms with Crippen molar-refractivity contribution in [2.24, 2.45) is 0 Å². The monoisotopic (exact) mass is 179 g/mol. The average Bonchev–Trinajstić information content (AvgIpc) is 2.65. The van der Waals surface area contributed by atoms with Crippen molar-refractivity contribution >= 4 is 0 Å². The Labute approximate surface area is 77.5 Å². The molecule has 4 nitrogen and oxygen atoms in total. The topological polar surface area (TPSA) is 60.8 Å². The Morgan fingerprint density at radius 2 is 2.62 bits per heavy atom. The first-order valence-electron chi connectivity index (χ1n) is 4.13. The molecule has 1 unspecified atom stereocenters. The molecule has 1 aromatic heterocycles. The lowest BCUT2D eigenvalue weighted by atomic mass is 10.2. The molecule has 0 aliphatic rings. The van der Waals surface area contributed by atoms with Gasteiger partial charge in [-0.2, -0.15) is 5.26 Å². The third-order valence-corrected chi connectivity index (χ3v) is 1.72. The highest BCUT2D eigenvalue weighted by Gasteiger charge is 2.08. The molecule has 0 radical (unpaired) electrons. The zero-order valence-corrected chi connectivity index (χ0v) is 7.58. The predicted octanol–water partition coefficient (Wildman–Crippen LogP) is 0.815. The SMILES string of the molecule is COCCNC(C#N)c1ccc[nH]1. The molecule has 1 aromatic rings. The molecule has 0 aromatic carbocycles. The summed E-state index contributed by atoms with van der Waals surface area (Å²) in [4.78, 5) is 2.99. The molecule has 13 heavy (non-hydrogen) atoms. The Morgan fingerprint density at radius 3 is 3.15 bits per heavy atom. The van der Waals surface area contributed by atoms with Gasteiger partial charge in [0.25, 0.3) is 0 Å². The molecule has 0 amide bonds. The van der Waals surface area contributed by atoms with Gasteiger partial charge in [-0.3, -0.25) is 5.32 Å². The molecule has 0 fully saturated rings. The second-order valence-electron chi connectivity index (χ2n) is 2.63. The summed E-state index contributed by atoms with van der Waals surface area (Å²) in [5.41, 5.74) is 0.888. The van der Waals surface area contributed by atoms with Gasteiger partial charge in [0.05, 0.1) is 12.7 Å². The molecule has 4 heteroatoms. The van der Waals surface area contributed by atoms with Crippen molar-refractivity contribution in [3.63, 3.8) is 0 Å². The fraction of sp³-hybridized carbons (Fsp3) is 0.444. The molecular formula is C9H13N3O. The van der Waals surface area contributed by atoms with Crippen LogP contribution in [0.4, 0.5) is 0 Å². The largest absolute Gasteiger partial charge is 0.383 e. The number of rotatable bonds is 5. The first-order chi connectivity index (χ1) is 6.38. The highest BCUT2D eigenvalue weighted by Crippen LogP contribution is 2.07. The fourth-order valence-corrected chi connectivity index (χ4v) is 1.05. The first-order valence-corrected chi connectivity index (χ1v) is 4.13. The van der Waals surface area contributed by atoms with Gasteiger partial charge in [0, 0.05) is 25.5 Å². The van der Waals surface area contributed by atoms with Gasteiger partial charge in [-0.25, -0.2) is 0 Å². The molecule has 0 aliphatic carbocycles. The fourth-order valence-electron chi connectivity index (χ4n) is 1.05. The maximum absolute atomic E-state index is 8.82. The van der Waals surface area contributed by atoms with Gasteiger partial charge in [-0.05, 0) is 12.1 Å². The molecule has 0 aliphatic heterocycles. The Balaban J connectivity index is 2.41. The number of nitrogens with one attached hydrogen (secondary N) is 2. The van der Waals surface area contributed by atoms with E-state index in [4.69, 9.17) is 10.00 Å². The summed E-state index contributed by atoms with van der Waals surface area (Å²) in [7, 11) is 1.64. The van der Waals surface area contributed by atoms with E-state index in [0.717, 1.165) is 5.69 Å². The Morgan fingerprint density at radius 1 is 1.77 bits per heavy atom. The normalized spacial score (nSPS) is 12.3. The first kappa shape index (κ1) is 9.78. The highest BCUT2D eigenvalue weighted by atomic mass is 16.5. The molecule has 0 saturated carbocycles. The van der Waals surface area contributed by atoms with E-state index in [1.165, 1.54) is 0 Å². The molecule has 2 N–H and O–H groups in total. The Hall–Kier alpha value is -1.31. The number of hydrogen-bond donors (Lipinski definition) is 2. The summed E-state index contributed by atoms with van der Waals surface area (Å²) in [5.74, 6) is 0. The third-order valence-electron chi connectivity index (χ3n) is 1.72. The molecule has 0 bridgehead atoms. The molecule has 1 atom stereocenters. The van der Waals surface area contributed by atoms with Crippen LogP contribution in [0.25, 0.3) is 0 Å². The van der Waals surface area contributed by atoms with E-state index in [-0.39, 0.29) is 6.04 Å². The molecule has 0 spiro atoms. The lowest BCUT2D eigenvalue weighted by Gasteiger charge is -2.08. The lowest BCUT2D eigenvalue weighted by molar-refractivity contribution is 0.197. The summed E-state index contributed by atoms with van der Waals surface area (Å²) in [6, 6.07) is 5.65. The minimum Gasteiger partial charge on any atom is -0.383 e. The summed E-state index contributed by atoms with van der Waals surface area (Å²) in [5, 5.41) is 11.9. The second-order valence-corrected chi connectivity index (χ2v) is 2.63. The van der Waals surface area contributed by atoms with E-state index in [1.807, 2.05) is 12.1 Å². The smallest absolute Gasteiger partial charge is 0.136 e. The summed E-state index contributed by atoms with van der Waals surface area (Å²) < 4.78 is 4.87. The average molecular weight is 179 g/mol. The van der Waals surface area contributed by atoms with Crippen molar-refractivity contribution in [2.75, 3.05) is 20.3 Å². The summed E-state index contributed by atoms with van der Waals surface area (Å²) >= 11 is 0. The van der Waals surface area contributed by atoms with Crippen LogP contribution in [0.1, 0.15) is 11.7 Å². The number of hydrogen-bond acceptors (Lipinski definition) is 3. The van der Waals surface area contributed by atoms with Crippen LogP contribution < -0.4 is 5.32 Å². The standard InChI is InChI=1S/C9H13N3O/c1-13-6-5-12-9(7-10)8-3-2-4-11-8/h2-4,9,11-12H,5-6H2,1H3. The Kier molecular flexibility index (Phi) is 4.03. The van der Waals surface area contributed by atoms with E-state index in [2.05, 4.69) is 16.4 Å². The highest BCUT2D eigenvalue weighted by molar-refractivity contribution is 5.15. The van der Waals surface area contributed by atoms with E-state index in [1.54, 1.807) is 13.3 Å². The Bertz CT molecular complexity index is 263. The van der Waals surface area contributed by atoms with Gasteiger partial charge < -0.3 is 9.72 Å². The maximum Gasteiger partial charge on any atom is 0.136 e. The lowest BCUT2D eigenvalue weighted by Crippen LogP contribution is -2.24. The van der Waals surface area contributed by atoms with Gasteiger partial charge in [-0.1, -0.05) is 0 Å². The molecule has 1 heterocycles. The van der Waals surface area contributed by atoms with Crippen LogP contribution in [0.3, 0.4) is 0 Å². The number of nitriles is 1. The van der Waals surface area contributed by atoms with Gasteiger partial charge in [0.1, 0.15) is 6.04 Å². The number of methoxy groups -OCH3 is 1. The van der Waals surface area contributed by atoms with E-state index in [0.29, 0.717) is 13.2 Å². The van der Waals surface area contributed by atoms with Crippen molar-refractivity contribution in [3.05, 3.63) is 24.0 Å². The zero-order chi connectivity index (χ0) is 9.52. The van der Waals surface area contributed by atoms with Crippen molar-refractivity contribution in [1.82, 2.24) is 10.3 Å². The summed E-state index contributed by atoms with van der Waals surface area (Å²) in [6.07, 6.45) is 1.80. The number of ether oxygens (including phenoxy) is 1. The van der Waals surface area contributed by atoms with Crippen LogP contribution in [0.15, 0.2) is 18.3 Å².